The SMILES string of the molecule is CC(C)CCn1nnc(C#N)c1C1CCC1. The predicted molar refractivity (Wildman–Crippen MR) is 60.8 cm³/mol. The van der Waals surface area contributed by atoms with Crippen LogP contribution < -0.4 is 0 Å². The molecule has 4 nitrogen and oxygen atoms in total. The molecule has 1 saturated carbocycles. The van der Waals surface area contributed by atoms with E-state index >= 15 is 0 Å². The normalized spacial score (nSPS) is 16.1. The first-order valence-electron chi connectivity index (χ1n) is 6.06. The number of rotatable bonds is 4. The predicted octanol–water partition coefficient (Wildman–Crippen LogP) is 2.46. The Labute approximate surface area is 96.3 Å². The summed E-state index contributed by atoms with van der Waals surface area (Å²) in [6.45, 7) is 5.29. The van der Waals surface area contributed by atoms with Crippen LogP contribution in [-0.2, 0) is 6.54 Å². The number of hydrogen-bond donors (Lipinski definition) is 0. The van der Waals surface area contributed by atoms with Crippen molar-refractivity contribution in [3.8, 4) is 6.07 Å². The Morgan fingerprint density at radius 1 is 1.50 bits per heavy atom. The Bertz CT molecular complexity index is 396. The second-order valence-corrected chi connectivity index (χ2v) is 4.97. The average Bonchev–Trinajstić information content (AvgIpc) is 2.55. The summed E-state index contributed by atoms with van der Waals surface area (Å²) in [6.07, 6.45) is 4.73. The summed E-state index contributed by atoms with van der Waals surface area (Å²) in [5.74, 6) is 1.18. The average molecular weight is 218 g/mol. The van der Waals surface area contributed by atoms with E-state index in [1.807, 2.05) is 4.68 Å². The van der Waals surface area contributed by atoms with Crippen molar-refractivity contribution in [2.75, 3.05) is 0 Å². The van der Waals surface area contributed by atoms with Crippen LogP contribution in [0.3, 0.4) is 0 Å². The molecule has 0 spiro atoms. The summed E-state index contributed by atoms with van der Waals surface area (Å²) in [5.41, 5.74) is 1.61. The van der Waals surface area contributed by atoms with E-state index in [9.17, 15) is 0 Å². The van der Waals surface area contributed by atoms with Gasteiger partial charge < -0.3 is 0 Å². The molecule has 16 heavy (non-hydrogen) atoms. The summed E-state index contributed by atoms with van der Waals surface area (Å²) in [4.78, 5) is 0. The van der Waals surface area contributed by atoms with E-state index in [1.165, 1.54) is 19.3 Å². The fourth-order valence-corrected chi connectivity index (χ4v) is 2.03. The molecule has 86 valence electrons. The van der Waals surface area contributed by atoms with Gasteiger partial charge in [0.05, 0.1) is 5.69 Å². The fraction of sp³-hybridized carbons (Fsp3) is 0.750. The molecule has 0 atom stereocenters. The van der Waals surface area contributed by atoms with Crippen molar-refractivity contribution < 1.29 is 0 Å². The molecule has 0 radical (unpaired) electrons. The van der Waals surface area contributed by atoms with Crippen molar-refractivity contribution in [2.24, 2.45) is 5.92 Å². The van der Waals surface area contributed by atoms with Crippen molar-refractivity contribution in [1.29, 1.82) is 5.26 Å². The third-order valence-corrected chi connectivity index (χ3v) is 3.29. The molecular formula is C12H18N4. The highest BCUT2D eigenvalue weighted by atomic mass is 15.4. The largest absolute Gasteiger partial charge is 0.248 e. The monoisotopic (exact) mass is 218 g/mol. The van der Waals surface area contributed by atoms with Gasteiger partial charge in [-0.05, 0) is 25.2 Å². The smallest absolute Gasteiger partial charge is 0.186 e. The zero-order valence-electron chi connectivity index (χ0n) is 9.98. The van der Waals surface area contributed by atoms with Gasteiger partial charge in [0, 0.05) is 12.5 Å². The maximum atomic E-state index is 9.01. The van der Waals surface area contributed by atoms with Crippen LogP contribution in [0.2, 0.25) is 0 Å². The molecule has 0 bridgehead atoms. The molecule has 0 aromatic carbocycles. The molecule has 1 aliphatic rings. The maximum absolute atomic E-state index is 9.01. The van der Waals surface area contributed by atoms with E-state index in [4.69, 9.17) is 5.26 Å². The van der Waals surface area contributed by atoms with Gasteiger partial charge in [0.1, 0.15) is 6.07 Å². The highest BCUT2D eigenvalue weighted by molar-refractivity contribution is 5.28. The summed E-state index contributed by atoms with van der Waals surface area (Å²) in [5, 5.41) is 17.1. The molecule has 1 heterocycles. The first-order valence-corrected chi connectivity index (χ1v) is 6.06. The van der Waals surface area contributed by atoms with Gasteiger partial charge in [0.2, 0.25) is 0 Å². The Hall–Kier alpha value is -1.37. The molecule has 1 fully saturated rings. The van der Waals surface area contributed by atoms with E-state index < -0.39 is 0 Å². The number of nitrogens with zero attached hydrogens (tertiary/aromatic N) is 4. The van der Waals surface area contributed by atoms with Gasteiger partial charge in [-0.2, -0.15) is 5.26 Å². The van der Waals surface area contributed by atoms with E-state index in [1.54, 1.807) is 0 Å². The second kappa shape index (κ2) is 4.65. The quantitative estimate of drug-likeness (QED) is 0.780. The standard InChI is InChI=1S/C12H18N4/c1-9(2)6-7-16-12(10-4-3-5-10)11(8-13)14-15-16/h9-10H,3-7H2,1-2H3. The van der Waals surface area contributed by atoms with Gasteiger partial charge in [-0.1, -0.05) is 25.5 Å². The van der Waals surface area contributed by atoms with Crippen LogP contribution in [0.4, 0.5) is 0 Å². The molecular weight excluding hydrogens is 200 g/mol. The zero-order chi connectivity index (χ0) is 11.5. The molecule has 1 aromatic heterocycles. The minimum absolute atomic E-state index is 0.525. The highest BCUT2D eigenvalue weighted by Crippen LogP contribution is 2.37. The molecule has 0 saturated heterocycles. The highest BCUT2D eigenvalue weighted by Gasteiger charge is 2.27. The van der Waals surface area contributed by atoms with Crippen LogP contribution in [0.15, 0.2) is 0 Å². The molecule has 1 aromatic rings. The van der Waals surface area contributed by atoms with Gasteiger partial charge >= 0.3 is 0 Å². The van der Waals surface area contributed by atoms with Crippen LogP contribution in [0, 0.1) is 17.2 Å². The van der Waals surface area contributed by atoms with E-state index in [2.05, 4.69) is 30.2 Å². The van der Waals surface area contributed by atoms with Crippen LogP contribution in [-0.4, -0.2) is 15.0 Å². The lowest BCUT2D eigenvalue weighted by Gasteiger charge is -2.25. The first kappa shape index (κ1) is 11.1. The van der Waals surface area contributed by atoms with Gasteiger partial charge in [0.25, 0.3) is 0 Å². The Kier molecular flexibility index (Phi) is 3.23. The summed E-state index contributed by atoms with van der Waals surface area (Å²) in [7, 11) is 0. The van der Waals surface area contributed by atoms with Crippen molar-refractivity contribution in [2.45, 2.75) is 52.0 Å². The molecule has 2 rings (SSSR count). The molecule has 0 aliphatic heterocycles. The number of nitriles is 1. The van der Waals surface area contributed by atoms with E-state index in [0.29, 0.717) is 17.5 Å². The van der Waals surface area contributed by atoms with Crippen LogP contribution >= 0.6 is 0 Å². The number of aromatic nitrogens is 3. The molecule has 0 unspecified atom stereocenters. The van der Waals surface area contributed by atoms with Gasteiger partial charge in [-0.15, -0.1) is 5.10 Å². The van der Waals surface area contributed by atoms with Crippen molar-refractivity contribution in [1.82, 2.24) is 15.0 Å². The summed E-state index contributed by atoms with van der Waals surface area (Å²) >= 11 is 0. The van der Waals surface area contributed by atoms with Gasteiger partial charge in [-0.25, -0.2) is 4.68 Å². The minimum Gasteiger partial charge on any atom is -0.248 e. The lowest BCUT2D eigenvalue weighted by Crippen LogP contribution is -2.17. The maximum Gasteiger partial charge on any atom is 0.186 e. The van der Waals surface area contributed by atoms with Gasteiger partial charge in [0.15, 0.2) is 5.69 Å². The lowest BCUT2D eigenvalue weighted by atomic mass is 9.82. The number of hydrogen-bond acceptors (Lipinski definition) is 3. The lowest BCUT2D eigenvalue weighted by molar-refractivity contribution is 0.376. The van der Waals surface area contributed by atoms with Gasteiger partial charge in [-0.3, -0.25) is 0 Å². The second-order valence-electron chi connectivity index (χ2n) is 4.97. The van der Waals surface area contributed by atoms with E-state index in [0.717, 1.165) is 18.7 Å². The third kappa shape index (κ3) is 2.08. The van der Waals surface area contributed by atoms with Crippen LogP contribution in [0.25, 0.3) is 0 Å². The Balaban J connectivity index is 2.17. The molecule has 0 amide bonds. The minimum atomic E-state index is 0.525. The van der Waals surface area contributed by atoms with E-state index in [-0.39, 0.29) is 0 Å². The molecule has 0 N–H and O–H groups in total. The topological polar surface area (TPSA) is 54.5 Å². The Morgan fingerprint density at radius 3 is 2.75 bits per heavy atom. The van der Waals surface area contributed by atoms with Crippen molar-refractivity contribution in [3.05, 3.63) is 11.4 Å². The Morgan fingerprint density at radius 2 is 2.25 bits per heavy atom. The summed E-state index contributed by atoms with van der Waals surface area (Å²) in [6, 6.07) is 2.16. The third-order valence-electron chi connectivity index (χ3n) is 3.29. The van der Waals surface area contributed by atoms with Crippen LogP contribution in [0.5, 0.6) is 0 Å². The summed E-state index contributed by atoms with van der Waals surface area (Å²) < 4.78 is 1.95. The van der Waals surface area contributed by atoms with Crippen molar-refractivity contribution >= 4 is 0 Å². The molecule has 4 heteroatoms. The molecule has 1 aliphatic carbocycles. The number of aryl methyl sites for hydroxylation is 1. The van der Waals surface area contributed by atoms with Crippen LogP contribution in [0.1, 0.15) is 56.8 Å². The van der Waals surface area contributed by atoms with Crippen molar-refractivity contribution in [3.63, 3.8) is 0 Å². The fourth-order valence-electron chi connectivity index (χ4n) is 2.03. The first-order chi connectivity index (χ1) is 7.72. The zero-order valence-corrected chi connectivity index (χ0v) is 9.98.